The number of sulfone groups is 1. The van der Waals surface area contributed by atoms with Gasteiger partial charge >= 0.3 is 0 Å². The van der Waals surface area contributed by atoms with E-state index in [0.29, 0.717) is 12.2 Å². The molecule has 0 spiro atoms. The number of rotatable bonds is 5. The third-order valence-corrected chi connectivity index (χ3v) is 4.99. The van der Waals surface area contributed by atoms with E-state index in [1.54, 1.807) is 25.1 Å². The van der Waals surface area contributed by atoms with Gasteiger partial charge in [-0.2, -0.15) is 5.26 Å². The molecule has 0 saturated carbocycles. The van der Waals surface area contributed by atoms with Crippen LogP contribution in [0, 0.1) is 18.3 Å². The smallest absolute Gasteiger partial charge is 0.216 e. The maximum atomic E-state index is 12.6. The second kappa shape index (κ2) is 7.20. The van der Waals surface area contributed by atoms with Crippen LogP contribution in [0.2, 0.25) is 0 Å². The molecule has 2 aromatic carbocycles. The van der Waals surface area contributed by atoms with Crippen molar-refractivity contribution in [3.05, 3.63) is 58.5 Å². The molecule has 0 aliphatic heterocycles. The number of allylic oxidation sites excluding steroid dienone is 1. The van der Waals surface area contributed by atoms with Gasteiger partial charge in [0.1, 0.15) is 11.0 Å². The normalized spacial score (nSPS) is 11.8. The van der Waals surface area contributed by atoms with Gasteiger partial charge in [-0.05, 0) is 49.8 Å². The average Bonchev–Trinajstić information content (AvgIpc) is 2.56. The molecule has 0 fully saturated rings. The van der Waals surface area contributed by atoms with Gasteiger partial charge in [-0.15, -0.1) is 0 Å². The fourth-order valence-corrected chi connectivity index (χ4v) is 3.22. The lowest BCUT2D eigenvalue weighted by molar-refractivity contribution is 0.318. The second-order valence-electron chi connectivity index (χ2n) is 5.10. The van der Waals surface area contributed by atoms with E-state index in [1.165, 1.54) is 36.4 Å². The monoisotopic (exact) mass is 343 g/mol. The Kier molecular flexibility index (Phi) is 5.27. The first-order valence-corrected chi connectivity index (χ1v) is 8.76. The van der Waals surface area contributed by atoms with Crippen molar-refractivity contribution in [1.82, 2.24) is 0 Å². The molecule has 0 saturated heterocycles. The molecule has 0 unspecified atom stereocenters. The summed E-state index contributed by atoms with van der Waals surface area (Å²) in [5, 5.41) is 19.0. The van der Waals surface area contributed by atoms with E-state index in [9.17, 15) is 18.8 Å². The Bertz CT molecular complexity index is 907. The number of nitrogens with zero attached hydrogens (tertiary/aromatic N) is 1. The summed E-state index contributed by atoms with van der Waals surface area (Å²) in [6.45, 7) is 3.97. The van der Waals surface area contributed by atoms with E-state index in [1.807, 2.05) is 6.92 Å². The average molecular weight is 343 g/mol. The maximum Gasteiger partial charge on any atom is 0.216 e. The van der Waals surface area contributed by atoms with E-state index < -0.39 is 9.84 Å². The number of ether oxygens (including phenoxy) is 1. The summed E-state index contributed by atoms with van der Waals surface area (Å²) >= 11 is 0. The molecule has 24 heavy (non-hydrogen) atoms. The van der Waals surface area contributed by atoms with E-state index in [2.05, 4.69) is 0 Å². The van der Waals surface area contributed by atoms with E-state index in [-0.39, 0.29) is 21.3 Å². The SMILES string of the molecule is CCOc1cc(C=C(C#N)S(=O)(=O)c2ccc(C)cc2)ccc1O. The third kappa shape index (κ3) is 3.76. The van der Waals surface area contributed by atoms with Gasteiger partial charge in [0.2, 0.25) is 9.84 Å². The highest BCUT2D eigenvalue weighted by Crippen LogP contribution is 2.29. The minimum absolute atomic E-state index is 0.0473. The number of aromatic hydroxyl groups is 1. The Labute approximate surface area is 141 Å². The van der Waals surface area contributed by atoms with Crippen LogP contribution in [-0.2, 0) is 9.84 Å². The number of nitriles is 1. The number of phenolic OH excluding ortho intramolecular Hbond substituents is 1. The van der Waals surface area contributed by atoms with Crippen LogP contribution < -0.4 is 4.74 Å². The Hall–Kier alpha value is -2.78. The first-order valence-electron chi connectivity index (χ1n) is 7.28. The molecule has 0 bridgehead atoms. The number of hydrogen-bond donors (Lipinski definition) is 1. The van der Waals surface area contributed by atoms with Crippen LogP contribution in [0.25, 0.3) is 6.08 Å². The van der Waals surface area contributed by atoms with E-state index in [0.717, 1.165) is 5.56 Å². The Morgan fingerprint density at radius 3 is 2.50 bits per heavy atom. The lowest BCUT2D eigenvalue weighted by Crippen LogP contribution is -2.03. The van der Waals surface area contributed by atoms with Gasteiger partial charge in [0.15, 0.2) is 11.5 Å². The molecule has 0 radical (unpaired) electrons. The Morgan fingerprint density at radius 2 is 1.92 bits per heavy atom. The van der Waals surface area contributed by atoms with Crippen molar-refractivity contribution in [1.29, 1.82) is 5.26 Å². The summed E-state index contributed by atoms with van der Waals surface area (Å²) < 4.78 is 30.4. The minimum Gasteiger partial charge on any atom is -0.504 e. The van der Waals surface area contributed by atoms with Crippen LogP contribution in [0.5, 0.6) is 11.5 Å². The van der Waals surface area contributed by atoms with Crippen molar-refractivity contribution in [2.24, 2.45) is 0 Å². The molecule has 0 heterocycles. The lowest BCUT2D eigenvalue weighted by Gasteiger charge is -2.07. The Balaban J connectivity index is 2.48. The summed E-state index contributed by atoms with van der Waals surface area (Å²) in [6, 6.07) is 12.4. The van der Waals surface area contributed by atoms with Crippen molar-refractivity contribution >= 4 is 15.9 Å². The van der Waals surface area contributed by atoms with Gasteiger partial charge in [-0.25, -0.2) is 8.42 Å². The van der Waals surface area contributed by atoms with Crippen LogP contribution in [0.1, 0.15) is 18.1 Å². The van der Waals surface area contributed by atoms with Gasteiger partial charge in [0.05, 0.1) is 11.5 Å². The van der Waals surface area contributed by atoms with Crippen molar-refractivity contribution in [3.8, 4) is 17.6 Å². The highest BCUT2D eigenvalue weighted by Gasteiger charge is 2.20. The fraction of sp³-hybridized carbons (Fsp3) is 0.167. The summed E-state index contributed by atoms with van der Waals surface area (Å²) in [4.78, 5) is -0.316. The molecule has 0 aromatic heterocycles. The largest absolute Gasteiger partial charge is 0.504 e. The van der Waals surface area contributed by atoms with Crippen LogP contribution in [0.4, 0.5) is 0 Å². The molecule has 0 atom stereocenters. The molecule has 2 rings (SSSR count). The zero-order valence-electron chi connectivity index (χ0n) is 13.4. The topological polar surface area (TPSA) is 87.4 Å². The fourth-order valence-electron chi connectivity index (χ4n) is 2.06. The van der Waals surface area contributed by atoms with Gasteiger partial charge in [-0.1, -0.05) is 23.8 Å². The third-order valence-electron chi connectivity index (χ3n) is 3.31. The first-order chi connectivity index (χ1) is 11.4. The summed E-state index contributed by atoms with van der Waals surface area (Å²) in [5.41, 5.74) is 1.37. The van der Waals surface area contributed by atoms with Crippen molar-refractivity contribution in [3.63, 3.8) is 0 Å². The summed E-state index contributed by atoms with van der Waals surface area (Å²) in [5.74, 6) is 0.185. The summed E-state index contributed by atoms with van der Waals surface area (Å²) in [6.07, 6.45) is 1.26. The van der Waals surface area contributed by atoms with Gasteiger partial charge in [0, 0.05) is 0 Å². The first kappa shape index (κ1) is 17.6. The number of benzene rings is 2. The van der Waals surface area contributed by atoms with Crippen molar-refractivity contribution in [2.45, 2.75) is 18.7 Å². The predicted molar refractivity (Wildman–Crippen MR) is 91.2 cm³/mol. The van der Waals surface area contributed by atoms with E-state index in [4.69, 9.17) is 4.74 Å². The van der Waals surface area contributed by atoms with Gasteiger partial charge in [-0.3, -0.25) is 0 Å². The van der Waals surface area contributed by atoms with Crippen molar-refractivity contribution in [2.75, 3.05) is 6.61 Å². The maximum absolute atomic E-state index is 12.6. The quantitative estimate of drug-likeness (QED) is 0.840. The highest BCUT2D eigenvalue weighted by atomic mass is 32.2. The molecule has 124 valence electrons. The number of aryl methyl sites for hydroxylation is 1. The lowest BCUT2D eigenvalue weighted by atomic mass is 10.2. The Morgan fingerprint density at radius 1 is 1.25 bits per heavy atom. The highest BCUT2D eigenvalue weighted by molar-refractivity contribution is 7.95. The molecule has 2 aromatic rings. The van der Waals surface area contributed by atoms with Crippen LogP contribution in [0.15, 0.2) is 52.3 Å². The number of phenols is 1. The molecular weight excluding hydrogens is 326 g/mol. The zero-order valence-corrected chi connectivity index (χ0v) is 14.2. The molecule has 0 amide bonds. The van der Waals surface area contributed by atoms with Crippen LogP contribution >= 0.6 is 0 Å². The van der Waals surface area contributed by atoms with Gasteiger partial charge in [0.25, 0.3) is 0 Å². The van der Waals surface area contributed by atoms with Gasteiger partial charge < -0.3 is 9.84 Å². The summed E-state index contributed by atoms with van der Waals surface area (Å²) in [7, 11) is -3.90. The van der Waals surface area contributed by atoms with Crippen molar-refractivity contribution < 1.29 is 18.3 Å². The standard InChI is InChI=1S/C18H17NO4S/c1-3-23-18-11-14(6-9-17(18)20)10-16(12-19)24(21,22)15-7-4-13(2)5-8-15/h4-11,20H,3H2,1-2H3. The molecule has 0 aliphatic carbocycles. The molecule has 5 nitrogen and oxygen atoms in total. The molecule has 6 heteroatoms. The second-order valence-corrected chi connectivity index (χ2v) is 7.02. The van der Waals surface area contributed by atoms with Crippen LogP contribution in [-0.4, -0.2) is 20.1 Å². The number of hydrogen-bond acceptors (Lipinski definition) is 5. The predicted octanol–water partition coefficient (Wildman–Crippen LogP) is 3.44. The molecular formula is C18H17NO4S. The molecule has 1 N–H and O–H groups in total. The van der Waals surface area contributed by atoms with Crippen LogP contribution in [0.3, 0.4) is 0 Å². The van der Waals surface area contributed by atoms with E-state index >= 15 is 0 Å². The minimum atomic E-state index is -3.90. The molecule has 0 aliphatic rings. The zero-order chi connectivity index (χ0) is 17.7.